The Balaban J connectivity index is 1.49. The van der Waals surface area contributed by atoms with Gasteiger partial charge in [-0.25, -0.2) is 15.0 Å². The van der Waals surface area contributed by atoms with Crippen LogP contribution in [0.15, 0.2) is 54.9 Å². The summed E-state index contributed by atoms with van der Waals surface area (Å²) in [5.41, 5.74) is 1.14. The van der Waals surface area contributed by atoms with E-state index in [9.17, 15) is 18.0 Å². The van der Waals surface area contributed by atoms with Gasteiger partial charge in [0.25, 0.3) is 0 Å². The lowest BCUT2D eigenvalue weighted by Crippen LogP contribution is -2.29. The zero-order valence-electron chi connectivity index (χ0n) is 15.6. The van der Waals surface area contributed by atoms with Crippen molar-refractivity contribution >= 4 is 23.4 Å². The molecule has 10 heteroatoms. The molecule has 3 N–H and O–H groups in total. The van der Waals surface area contributed by atoms with E-state index in [0.29, 0.717) is 24.5 Å². The predicted octanol–water partition coefficient (Wildman–Crippen LogP) is 3.60. The fourth-order valence-electron chi connectivity index (χ4n) is 3.04. The third kappa shape index (κ3) is 4.48. The minimum Gasteiger partial charge on any atom is -0.358 e. The number of aromatic nitrogens is 3. The quantitative estimate of drug-likeness (QED) is 0.591. The molecule has 1 saturated heterocycles. The molecule has 1 aromatic carbocycles. The molecule has 1 atom stereocenters. The van der Waals surface area contributed by atoms with E-state index < -0.39 is 11.9 Å². The second kappa shape index (κ2) is 7.97. The Morgan fingerprint density at radius 2 is 1.93 bits per heavy atom. The van der Waals surface area contributed by atoms with Gasteiger partial charge in [-0.3, -0.25) is 4.79 Å². The van der Waals surface area contributed by atoms with Gasteiger partial charge in [0.1, 0.15) is 17.6 Å². The number of pyridine rings is 1. The van der Waals surface area contributed by atoms with Crippen LogP contribution in [-0.4, -0.2) is 33.4 Å². The summed E-state index contributed by atoms with van der Waals surface area (Å²) in [4.78, 5) is 23.3. The van der Waals surface area contributed by atoms with Gasteiger partial charge < -0.3 is 16.0 Å². The van der Waals surface area contributed by atoms with Gasteiger partial charge in [0.2, 0.25) is 11.9 Å². The third-order valence-corrected chi connectivity index (χ3v) is 4.53. The highest BCUT2D eigenvalue weighted by atomic mass is 19.4. The van der Waals surface area contributed by atoms with Crippen molar-refractivity contribution in [1.82, 2.24) is 20.3 Å². The number of hydrogen-bond donors (Lipinski definition) is 3. The number of anilines is 3. The number of carbonyl (C=O) groups excluding carboxylic acids is 1. The van der Waals surface area contributed by atoms with E-state index in [2.05, 4.69) is 30.9 Å². The Morgan fingerprint density at radius 3 is 2.63 bits per heavy atom. The molecule has 0 spiro atoms. The first-order valence-electron chi connectivity index (χ1n) is 9.16. The molecule has 4 rings (SSSR count). The monoisotopic (exact) mass is 414 g/mol. The molecular formula is C20H17F3N6O. The SMILES string of the molecule is O=C1NCCC1Nc1ccc(-c2cccc(Nc3nccc(C(F)(F)F)n3)c2)cn1. The van der Waals surface area contributed by atoms with Crippen molar-refractivity contribution in [3.63, 3.8) is 0 Å². The number of nitrogens with zero attached hydrogens (tertiary/aromatic N) is 3. The molecule has 0 aliphatic carbocycles. The lowest BCUT2D eigenvalue weighted by Gasteiger charge is -2.12. The number of nitrogens with one attached hydrogen (secondary N) is 3. The topological polar surface area (TPSA) is 91.8 Å². The largest absolute Gasteiger partial charge is 0.433 e. The molecule has 30 heavy (non-hydrogen) atoms. The van der Waals surface area contributed by atoms with Crippen molar-refractivity contribution in [1.29, 1.82) is 0 Å². The van der Waals surface area contributed by atoms with Crippen LogP contribution in [0.3, 0.4) is 0 Å². The molecule has 3 heterocycles. The molecule has 1 fully saturated rings. The first kappa shape index (κ1) is 19.6. The van der Waals surface area contributed by atoms with Crippen LogP contribution in [0, 0.1) is 0 Å². The lowest BCUT2D eigenvalue weighted by molar-refractivity contribution is -0.141. The van der Waals surface area contributed by atoms with Crippen LogP contribution in [0.2, 0.25) is 0 Å². The summed E-state index contributed by atoms with van der Waals surface area (Å²) in [7, 11) is 0. The van der Waals surface area contributed by atoms with Crippen LogP contribution in [0.5, 0.6) is 0 Å². The molecule has 0 saturated carbocycles. The van der Waals surface area contributed by atoms with Crippen LogP contribution in [0.1, 0.15) is 12.1 Å². The number of carbonyl (C=O) groups is 1. The molecule has 154 valence electrons. The van der Waals surface area contributed by atoms with E-state index in [1.807, 2.05) is 12.1 Å². The van der Waals surface area contributed by atoms with Crippen LogP contribution in [0.4, 0.5) is 30.6 Å². The molecule has 1 unspecified atom stereocenters. The summed E-state index contributed by atoms with van der Waals surface area (Å²) >= 11 is 0. The average molecular weight is 414 g/mol. The van der Waals surface area contributed by atoms with Crippen molar-refractivity contribution in [3.05, 3.63) is 60.6 Å². The molecule has 1 aliphatic heterocycles. The van der Waals surface area contributed by atoms with Crippen molar-refractivity contribution in [2.45, 2.75) is 18.6 Å². The van der Waals surface area contributed by atoms with Crippen molar-refractivity contribution in [2.75, 3.05) is 17.2 Å². The maximum Gasteiger partial charge on any atom is 0.433 e. The molecule has 1 amide bonds. The van der Waals surface area contributed by atoms with Crippen LogP contribution in [-0.2, 0) is 11.0 Å². The first-order chi connectivity index (χ1) is 14.4. The molecule has 0 bridgehead atoms. The van der Waals surface area contributed by atoms with Gasteiger partial charge in [-0.2, -0.15) is 13.2 Å². The van der Waals surface area contributed by atoms with E-state index in [4.69, 9.17) is 0 Å². The summed E-state index contributed by atoms with van der Waals surface area (Å²) in [6.07, 6.45) is -1.12. The fourth-order valence-corrected chi connectivity index (χ4v) is 3.04. The summed E-state index contributed by atoms with van der Waals surface area (Å²) in [5, 5.41) is 8.63. The predicted molar refractivity (Wildman–Crippen MR) is 105 cm³/mol. The Hall–Kier alpha value is -3.69. The normalized spacial score (nSPS) is 16.2. The van der Waals surface area contributed by atoms with Crippen LogP contribution >= 0.6 is 0 Å². The Kier molecular flexibility index (Phi) is 5.21. The van der Waals surface area contributed by atoms with Gasteiger partial charge in [0.15, 0.2) is 0 Å². The third-order valence-electron chi connectivity index (χ3n) is 4.53. The number of alkyl halides is 3. The van der Waals surface area contributed by atoms with E-state index in [1.165, 1.54) is 0 Å². The average Bonchev–Trinajstić information content (AvgIpc) is 3.13. The zero-order valence-corrected chi connectivity index (χ0v) is 15.6. The maximum atomic E-state index is 12.8. The maximum absolute atomic E-state index is 12.8. The number of halogens is 3. The standard InChI is InChI=1S/C20H17F3N6O/c21-20(22,23)16-7-9-25-19(29-16)27-14-3-1-2-12(10-14)13-4-5-17(26-11-13)28-15-6-8-24-18(15)30/h1-5,7,9-11,15H,6,8H2,(H,24,30)(H,26,28)(H,25,27,29). The number of rotatable bonds is 5. The van der Waals surface area contributed by atoms with Gasteiger partial charge in [-0.1, -0.05) is 12.1 Å². The summed E-state index contributed by atoms with van der Waals surface area (Å²) in [5.74, 6) is 0.401. The molecule has 1 aliphatic rings. The Bertz CT molecular complexity index is 1050. The second-order valence-corrected chi connectivity index (χ2v) is 6.68. The summed E-state index contributed by atoms with van der Waals surface area (Å²) in [6, 6.07) is 11.2. The van der Waals surface area contributed by atoms with E-state index in [-0.39, 0.29) is 17.9 Å². The van der Waals surface area contributed by atoms with Crippen LogP contribution < -0.4 is 16.0 Å². The van der Waals surface area contributed by atoms with Crippen LogP contribution in [0.25, 0.3) is 11.1 Å². The Labute approximate surface area is 169 Å². The highest BCUT2D eigenvalue weighted by molar-refractivity contribution is 5.86. The molecule has 0 radical (unpaired) electrons. The van der Waals surface area contributed by atoms with Gasteiger partial charge in [0.05, 0.1) is 0 Å². The fraction of sp³-hybridized carbons (Fsp3) is 0.200. The van der Waals surface area contributed by atoms with Crippen molar-refractivity contribution in [2.24, 2.45) is 0 Å². The second-order valence-electron chi connectivity index (χ2n) is 6.68. The zero-order chi connectivity index (χ0) is 21.1. The highest BCUT2D eigenvalue weighted by Crippen LogP contribution is 2.29. The molecular weight excluding hydrogens is 397 g/mol. The number of benzene rings is 1. The summed E-state index contributed by atoms with van der Waals surface area (Å²) < 4.78 is 38.5. The minimum atomic E-state index is -4.54. The van der Waals surface area contributed by atoms with Crippen molar-refractivity contribution < 1.29 is 18.0 Å². The Morgan fingerprint density at radius 1 is 1.07 bits per heavy atom. The van der Waals surface area contributed by atoms with E-state index in [0.717, 1.165) is 23.4 Å². The highest BCUT2D eigenvalue weighted by Gasteiger charge is 2.32. The van der Waals surface area contributed by atoms with Gasteiger partial charge >= 0.3 is 6.18 Å². The van der Waals surface area contributed by atoms with E-state index >= 15 is 0 Å². The minimum absolute atomic E-state index is 0.0449. The van der Waals surface area contributed by atoms with Gasteiger partial charge in [-0.05, 0) is 42.3 Å². The van der Waals surface area contributed by atoms with Gasteiger partial charge in [0, 0.05) is 30.2 Å². The molecule has 2 aromatic heterocycles. The van der Waals surface area contributed by atoms with Gasteiger partial charge in [-0.15, -0.1) is 0 Å². The lowest BCUT2D eigenvalue weighted by atomic mass is 10.1. The summed E-state index contributed by atoms with van der Waals surface area (Å²) in [6.45, 7) is 0.643. The van der Waals surface area contributed by atoms with E-state index in [1.54, 1.807) is 30.5 Å². The molecule has 3 aromatic rings. The molecule has 7 nitrogen and oxygen atoms in total. The number of amides is 1. The smallest absolute Gasteiger partial charge is 0.358 e. The number of hydrogen-bond acceptors (Lipinski definition) is 6. The van der Waals surface area contributed by atoms with Crippen molar-refractivity contribution in [3.8, 4) is 11.1 Å². The first-order valence-corrected chi connectivity index (χ1v) is 9.16.